The van der Waals surface area contributed by atoms with Gasteiger partial charge in [-0.25, -0.2) is 0 Å². The van der Waals surface area contributed by atoms with E-state index in [0.717, 1.165) is 17.1 Å². The Balaban J connectivity index is 0.835. The number of nitrogens with zero attached hydrogens (tertiary/aromatic N) is 1. The quantitative estimate of drug-likeness (QED) is 0.137. The first kappa shape index (κ1) is 41.0. The lowest BCUT2D eigenvalue weighted by Gasteiger charge is -2.35. The van der Waals surface area contributed by atoms with E-state index in [1.165, 1.54) is 105 Å². The van der Waals surface area contributed by atoms with Gasteiger partial charge < -0.3 is 4.90 Å². The predicted molar refractivity (Wildman–Crippen MR) is 297 cm³/mol. The van der Waals surface area contributed by atoms with Crippen LogP contribution in [0.2, 0.25) is 0 Å². The fraction of sp³-hybridized carbons (Fsp3) is 0.0286. The number of para-hydroxylation sites is 1. The standard InChI is InChI=1S/C70H47N/c1-5-19-50(20-6-1)67-63-43-39-51(45-64(63)68-61-30-15-13-27-57(61)58-28-14-16-31-62(58)69(67)68)49-35-33-47(34-36-49)48-37-40-55(41-38-48)71(54-25-11-4-12-26-54)56-42-44-60-59-29-17-18-32-65(59)70(66(60)46-56,52-21-7-2-8-22-52)53-23-9-3-10-24-53/h1-46,67H. The van der Waals surface area contributed by atoms with E-state index in [0.29, 0.717) is 0 Å². The highest BCUT2D eigenvalue weighted by Crippen LogP contribution is 2.58. The van der Waals surface area contributed by atoms with Crippen LogP contribution in [0.3, 0.4) is 0 Å². The molecule has 12 aromatic rings. The maximum absolute atomic E-state index is 2.45. The van der Waals surface area contributed by atoms with E-state index in [1.54, 1.807) is 0 Å². The van der Waals surface area contributed by atoms with Crippen LogP contribution in [0.25, 0.3) is 66.1 Å². The lowest BCUT2D eigenvalue weighted by atomic mass is 9.67. The minimum absolute atomic E-state index is 0.157. The molecule has 1 heteroatoms. The zero-order valence-electron chi connectivity index (χ0n) is 39.1. The smallest absolute Gasteiger partial charge is 0.0714 e. The molecule has 0 bridgehead atoms. The van der Waals surface area contributed by atoms with Crippen molar-refractivity contribution in [3.8, 4) is 44.5 Å². The molecule has 0 N–H and O–H groups in total. The zero-order chi connectivity index (χ0) is 46.9. The van der Waals surface area contributed by atoms with Gasteiger partial charge in [0, 0.05) is 23.0 Å². The molecule has 1 atom stereocenters. The summed E-state index contributed by atoms with van der Waals surface area (Å²) in [6.45, 7) is 0. The average molecular weight is 902 g/mol. The van der Waals surface area contributed by atoms with Crippen molar-refractivity contribution in [1.29, 1.82) is 0 Å². The minimum atomic E-state index is -0.485. The van der Waals surface area contributed by atoms with Crippen LogP contribution < -0.4 is 4.90 Å². The van der Waals surface area contributed by atoms with Gasteiger partial charge in [0.2, 0.25) is 0 Å². The molecule has 1 nitrogen and oxygen atoms in total. The summed E-state index contributed by atoms with van der Waals surface area (Å²) in [5.41, 5.74) is 22.1. The third kappa shape index (κ3) is 6.40. The van der Waals surface area contributed by atoms with Crippen LogP contribution in [0.4, 0.5) is 17.1 Å². The van der Waals surface area contributed by atoms with Gasteiger partial charge in [-0.15, -0.1) is 0 Å². The highest BCUT2D eigenvalue weighted by Gasteiger charge is 2.46. The number of rotatable bonds is 8. The molecule has 0 saturated carbocycles. The van der Waals surface area contributed by atoms with Gasteiger partial charge in [0.05, 0.1) is 5.41 Å². The van der Waals surface area contributed by atoms with Crippen molar-refractivity contribution in [1.82, 2.24) is 0 Å². The monoisotopic (exact) mass is 901 g/mol. The summed E-state index contributed by atoms with van der Waals surface area (Å²) in [6, 6.07) is 103. The van der Waals surface area contributed by atoms with Gasteiger partial charge in [-0.3, -0.25) is 0 Å². The van der Waals surface area contributed by atoms with E-state index < -0.39 is 5.41 Å². The van der Waals surface area contributed by atoms with Crippen LogP contribution in [0, 0.1) is 0 Å². The third-order valence-electron chi connectivity index (χ3n) is 15.4. The second-order valence-electron chi connectivity index (χ2n) is 19.1. The first-order valence-corrected chi connectivity index (χ1v) is 24.8. The first-order valence-electron chi connectivity index (χ1n) is 24.8. The number of benzene rings is 12. The van der Waals surface area contributed by atoms with Crippen LogP contribution in [-0.4, -0.2) is 0 Å². The molecule has 0 saturated heterocycles. The summed E-state index contributed by atoms with van der Waals surface area (Å²) in [7, 11) is 0. The average Bonchev–Trinajstić information content (AvgIpc) is 3.96. The molecule has 332 valence electrons. The van der Waals surface area contributed by atoms with Gasteiger partial charge in [0.15, 0.2) is 0 Å². The summed E-state index contributed by atoms with van der Waals surface area (Å²) >= 11 is 0. The van der Waals surface area contributed by atoms with E-state index in [-0.39, 0.29) is 5.92 Å². The number of fused-ring (bicyclic) bond motifs is 11. The summed E-state index contributed by atoms with van der Waals surface area (Å²) in [4.78, 5) is 2.40. The van der Waals surface area contributed by atoms with Gasteiger partial charge in [-0.1, -0.05) is 237 Å². The van der Waals surface area contributed by atoms with E-state index in [2.05, 4.69) is 284 Å². The molecule has 12 aromatic carbocycles. The summed E-state index contributed by atoms with van der Waals surface area (Å²) < 4.78 is 0. The van der Waals surface area contributed by atoms with Crippen molar-refractivity contribution in [3.63, 3.8) is 0 Å². The molecule has 2 aliphatic rings. The zero-order valence-corrected chi connectivity index (χ0v) is 39.1. The fourth-order valence-electron chi connectivity index (χ4n) is 12.4. The van der Waals surface area contributed by atoms with Crippen LogP contribution in [0.5, 0.6) is 0 Å². The van der Waals surface area contributed by atoms with E-state index >= 15 is 0 Å². The van der Waals surface area contributed by atoms with Gasteiger partial charge in [0.1, 0.15) is 0 Å². The van der Waals surface area contributed by atoms with Crippen molar-refractivity contribution < 1.29 is 0 Å². The number of hydrogen-bond acceptors (Lipinski definition) is 1. The van der Waals surface area contributed by atoms with Crippen LogP contribution >= 0.6 is 0 Å². The van der Waals surface area contributed by atoms with Crippen LogP contribution in [0.15, 0.2) is 279 Å². The van der Waals surface area contributed by atoms with Crippen LogP contribution in [0.1, 0.15) is 44.9 Å². The van der Waals surface area contributed by atoms with Gasteiger partial charge in [-0.2, -0.15) is 0 Å². The minimum Gasteiger partial charge on any atom is -0.310 e. The van der Waals surface area contributed by atoms with Gasteiger partial charge in [-0.05, 0) is 147 Å². The summed E-state index contributed by atoms with van der Waals surface area (Å²) in [5.74, 6) is 0.157. The maximum Gasteiger partial charge on any atom is 0.0714 e. The Morgan fingerprint density at radius 3 is 1.42 bits per heavy atom. The van der Waals surface area contributed by atoms with Crippen molar-refractivity contribution in [3.05, 3.63) is 318 Å². The predicted octanol–water partition coefficient (Wildman–Crippen LogP) is 18.3. The lowest BCUT2D eigenvalue weighted by molar-refractivity contribution is 0.768. The molecule has 0 heterocycles. The number of anilines is 3. The van der Waals surface area contributed by atoms with E-state index in [4.69, 9.17) is 0 Å². The lowest BCUT2D eigenvalue weighted by Crippen LogP contribution is -2.28. The van der Waals surface area contributed by atoms with Crippen molar-refractivity contribution >= 4 is 38.6 Å². The Kier molecular flexibility index (Phi) is 9.57. The molecule has 0 aromatic heterocycles. The summed E-state index contributed by atoms with van der Waals surface area (Å²) in [5, 5.41) is 5.27. The Bertz CT molecular complexity index is 3910. The Labute approximate surface area is 415 Å². The maximum atomic E-state index is 2.45. The number of hydrogen-bond donors (Lipinski definition) is 0. The molecule has 14 rings (SSSR count). The van der Waals surface area contributed by atoms with Crippen LogP contribution in [-0.2, 0) is 5.41 Å². The second kappa shape index (κ2) is 16.6. The molecule has 71 heavy (non-hydrogen) atoms. The summed E-state index contributed by atoms with van der Waals surface area (Å²) in [6.07, 6.45) is 0. The molecular formula is C70H47N. The van der Waals surface area contributed by atoms with E-state index in [1.807, 2.05) is 0 Å². The van der Waals surface area contributed by atoms with E-state index in [9.17, 15) is 0 Å². The fourth-order valence-corrected chi connectivity index (χ4v) is 12.4. The SMILES string of the molecule is c1ccc(C2c3ccc(-c4ccc(-c5ccc(N(c6ccccc6)c6ccc7c(c6)C(c6ccccc6)(c6ccccc6)c6ccccc6-7)cc5)cc4)cc3-c3c2c2ccccc2c2ccccc32)cc1. The molecule has 2 aliphatic carbocycles. The second-order valence-corrected chi connectivity index (χ2v) is 19.1. The van der Waals surface area contributed by atoms with Crippen molar-refractivity contribution in [2.24, 2.45) is 0 Å². The molecule has 0 fully saturated rings. The highest BCUT2D eigenvalue weighted by atomic mass is 15.1. The Morgan fingerprint density at radius 2 is 0.761 bits per heavy atom. The highest BCUT2D eigenvalue weighted by molar-refractivity contribution is 6.18. The normalized spacial score (nSPS) is 13.9. The largest absolute Gasteiger partial charge is 0.310 e. The Hall–Kier alpha value is -9.04. The molecular weight excluding hydrogens is 855 g/mol. The van der Waals surface area contributed by atoms with Gasteiger partial charge >= 0.3 is 0 Å². The topological polar surface area (TPSA) is 3.24 Å². The first-order chi connectivity index (χ1) is 35.2. The van der Waals surface area contributed by atoms with Crippen molar-refractivity contribution in [2.45, 2.75) is 11.3 Å². The molecule has 0 spiro atoms. The molecule has 1 unspecified atom stereocenters. The van der Waals surface area contributed by atoms with Crippen molar-refractivity contribution in [2.75, 3.05) is 4.90 Å². The molecule has 0 aliphatic heterocycles. The van der Waals surface area contributed by atoms with Gasteiger partial charge in [0.25, 0.3) is 0 Å². The molecule has 0 amide bonds. The molecule has 0 radical (unpaired) electrons. The Morgan fingerprint density at radius 1 is 0.296 bits per heavy atom. The third-order valence-corrected chi connectivity index (χ3v) is 15.4.